The Balaban J connectivity index is 2.13. The molecule has 0 aliphatic carbocycles. The number of carbonyl (C=O) groups excluding carboxylic acids is 1. The smallest absolute Gasteiger partial charge is 0.353 e. The maximum Gasteiger partial charge on any atom is 0.454 e. The third kappa shape index (κ3) is 3.22. The molecule has 0 spiro atoms. The summed E-state index contributed by atoms with van der Waals surface area (Å²) in [6.45, 7) is 0. The van der Waals surface area contributed by atoms with Crippen LogP contribution in [0.3, 0.4) is 0 Å². The van der Waals surface area contributed by atoms with Crippen molar-refractivity contribution in [3.05, 3.63) is 65.7 Å². The van der Waals surface area contributed by atoms with Crippen LogP contribution in [0.4, 0.5) is 43.4 Å². The molecule has 3 aromatic rings. The lowest BCUT2D eigenvalue weighted by molar-refractivity contribution is -0.0884. The van der Waals surface area contributed by atoms with Gasteiger partial charge < -0.3 is 5.32 Å². The SMILES string of the molecule is O=C(c1cc2c(c3ccccc13)Nc1ccccc1N=C2C(F)(F)F)C(F)(F)F. The maximum absolute atomic E-state index is 13.8. The minimum Gasteiger partial charge on any atom is -0.353 e. The minimum absolute atomic E-state index is 0.0243. The molecule has 0 radical (unpaired) electrons. The highest BCUT2D eigenvalue weighted by Gasteiger charge is 2.43. The predicted molar refractivity (Wildman–Crippen MR) is 96.3 cm³/mol. The number of benzene rings is 3. The number of nitrogens with zero attached hydrogens (tertiary/aromatic N) is 1. The maximum atomic E-state index is 13.8. The Kier molecular flexibility index (Phi) is 4.14. The monoisotopic (exact) mass is 408 g/mol. The number of hydrogen-bond donors (Lipinski definition) is 1. The molecule has 4 rings (SSSR count). The normalized spacial score (nSPS) is 13.8. The summed E-state index contributed by atoms with van der Waals surface area (Å²) in [4.78, 5) is 15.6. The molecule has 0 saturated carbocycles. The molecule has 3 aromatic carbocycles. The van der Waals surface area contributed by atoms with Gasteiger partial charge in [0.25, 0.3) is 5.78 Å². The number of ketones is 1. The van der Waals surface area contributed by atoms with E-state index in [1.807, 2.05) is 0 Å². The number of hydrogen-bond acceptors (Lipinski definition) is 3. The van der Waals surface area contributed by atoms with E-state index in [9.17, 15) is 31.1 Å². The third-order valence-electron chi connectivity index (χ3n) is 4.47. The van der Waals surface area contributed by atoms with E-state index in [0.29, 0.717) is 6.07 Å². The first-order valence-electron chi connectivity index (χ1n) is 8.27. The number of nitrogens with one attached hydrogen (secondary N) is 1. The van der Waals surface area contributed by atoms with E-state index < -0.39 is 35.0 Å². The molecule has 0 saturated heterocycles. The number of rotatable bonds is 1. The van der Waals surface area contributed by atoms with Gasteiger partial charge in [0.1, 0.15) is 0 Å². The van der Waals surface area contributed by atoms with Crippen LogP contribution in [0.1, 0.15) is 15.9 Å². The van der Waals surface area contributed by atoms with Crippen LogP contribution >= 0.6 is 0 Å². The zero-order valence-corrected chi connectivity index (χ0v) is 14.3. The summed E-state index contributed by atoms with van der Waals surface area (Å²) in [6.07, 6.45) is -10.2. The van der Waals surface area contributed by atoms with Crippen molar-refractivity contribution in [3.8, 4) is 0 Å². The van der Waals surface area contributed by atoms with Gasteiger partial charge in [-0.25, -0.2) is 4.99 Å². The number of Topliss-reactive ketones (excluding diaryl/α,β-unsaturated/α-hetero) is 1. The molecule has 1 aliphatic heterocycles. The van der Waals surface area contributed by atoms with Gasteiger partial charge >= 0.3 is 12.4 Å². The lowest BCUT2D eigenvalue weighted by Gasteiger charge is -2.18. The fourth-order valence-corrected chi connectivity index (χ4v) is 3.25. The van der Waals surface area contributed by atoms with E-state index in [4.69, 9.17) is 0 Å². The fraction of sp³-hybridized carbons (Fsp3) is 0.100. The van der Waals surface area contributed by atoms with Gasteiger partial charge in [-0.1, -0.05) is 36.4 Å². The Bertz CT molecular complexity index is 1180. The van der Waals surface area contributed by atoms with Crippen molar-refractivity contribution in [1.82, 2.24) is 0 Å². The molecule has 148 valence electrons. The van der Waals surface area contributed by atoms with Crippen LogP contribution in [0.25, 0.3) is 10.8 Å². The van der Waals surface area contributed by atoms with Crippen LogP contribution in [0.5, 0.6) is 0 Å². The largest absolute Gasteiger partial charge is 0.454 e. The van der Waals surface area contributed by atoms with Crippen molar-refractivity contribution < 1.29 is 31.1 Å². The molecular formula is C20H10F6N2O. The summed E-state index contributed by atoms with van der Waals surface area (Å²) in [5, 5.41) is 2.78. The van der Waals surface area contributed by atoms with Crippen LogP contribution in [-0.2, 0) is 0 Å². The second kappa shape index (κ2) is 6.33. The second-order valence-electron chi connectivity index (χ2n) is 6.32. The molecule has 1 N–H and O–H groups in total. The molecular weight excluding hydrogens is 398 g/mol. The van der Waals surface area contributed by atoms with Crippen LogP contribution in [0.15, 0.2) is 59.6 Å². The van der Waals surface area contributed by atoms with Gasteiger partial charge in [-0.2, -0.15) is 26.3 Å². The topological polar surface area (TPSA) is 41.5 Å². The Morgan fingerprint density at radius 2 is 1.48 bits per heavy atom. The van der Waals surface area contributed by atoms with E-state index in [1.54, 1.807) is 6.07 Å². The third-order valence-corrected chi connectivity index (χ3v) is 4.47. The van der Waals surface area contributed by atoms with E-state index >= 15 is 0 Å². The van der Waals surface area contributed by atoms with Crippen LogP contribution in [0, 0.1) is 0 Å². The molecule has 9 heteroatoms. The van der Waals surface area contributed by atoms with Gasteiger partial charge in [-0.15, -0.1) is 0 Å². The van der Waals surface area contributed by atoms with Gasteiger partial charge in [-0.05, 0) is 23.6 Å². The average Bonchev–Trinajstić information content (AvgIpc) is 2.83. The molecule has 0 unspecified atom stereocenters. The summed E-state index contributed by atoms with van der Waals surface area (Å²) in [5.74, 6) is -2.22. The van der Waals surface area contributed by atoms with E-state index in [1.165, 1.54) is 42.5 Å². The summed E-state index contributed by atoms with van der Waals surface area (Å²) < 4.78 is 80.7. The predicted octanol–water partition coefficient (Wildman–Crippen LogP) is 6.32. The van der Waals surface area contributed by atoms with Crippen molar-refractivity contribution in [2.45, 2.75) is 12.4 Å². The van der Waals surface area contributed by atoms with E-state index in [2.05, 4.69) is 10.3 Å². The number of halogens is 6. The Hall–Kier alpha value is -3.36. The van der Waals surface area contributed by atoms with Crippen LogP contribution < -0.4 is 5.32 Å². The van der Waals surface area contributed by atoms with Gasteiger partial charge in [0.05, 0.1) is 17.1 Å². The van der Waals surface area contributed by atoms with Crippen LogP contribution in [-0.4, -0.2) is 23.8 Å². The molecule has 1 aliphatic rings. The molecule has 0 aromatic heterocycles. The fourth-order valence-electron chi connectivity index (χ4n) is 3.25. The Morgan fingerprint density at radius 1 is 0.862 bits per heavy atom. The Morgan fingerprint density at radius 3 is 2.14 bits per heavy atom. The molecule has 29 heavy (non-hydrogen) atoms. The first kappa shape index (κ1) is 19.0. The number of para-hydroxylation sites is 2. The summed E-state index contributed by atoms with van der Waals surface area (Å²) in [7, 11) is 0. The zero-order valence-electron chi connectivity index (χ0n) is 14.3. The van der Waals surface area contributed by atoms with Crippen molar-refractivity contribution in [2.75, 3.05) is 5.32 Å². The minimum atomic E-state index is -5.24. The number of fused-ring (bicyclic) bond motifs is 4. The van der Waals surface area contributed by atoms with Gasteiger partial charge in [-0.3, -0.25) is 4.79 Å². The summed E-state index contributed by atoms with van der Waals surface area (Å²) in [5.41, 5.74) is -2.71. The first-order valence-corrected chi connectivity index (χ1v) is 8.27. The molecule has 1 heterocycles. The molecule has 0 fully saturated rings. The van der Waals surface area contributed by atoms with Gasteiger partial charge in [0, 0.05) is 16.5 Å². The summed E-state index contributed by atoms with van der Waals surface area (Å²) in [6, 6.07) is 12.0. The lowest BCUT2D eigenvalue weighted by Crippen LogP contribution is -2.26. The highest BCUT2D eigenvalue weighted by molar-refractivity contribution is 6.22. The van der Waals surface area contributed by atoms with Gasteiger partial charge in [0.15, 0.2) is 5.71 Å². The lowest BCUT2D eigenvalue weighted by atomic mass is 9.93. The number of anilines is 2. The van der Waals surface area contributed by atoms with Gasteiger partial charge in [0.2, 0.25) is 0 Å². The molecule has 0 bridgehead atoms. The number of carbonyl (C=O) groups is 1. The highest BCUT2D eigenvalue weighted by Crippen LogP contribution is 2.43. The van der Waals surface area contributed by atoms with Crippen molar-refractivity contribution in [1.29, 1.82) is 0 Å². The van der Waals surface area contributed by atoms with Crippen LogP contribution in [0.2, 0.25) is 0 Å². The number of alkyl halides is 6. The average molecular weight is 408 g/mol. The van der Waals surface area contributed by atoms with Crippen molar-refractivity contribution >= 4 is 39.3 Å². The molecule has 3 nitrogen and oxygen atoms in total. The second-order valence-corrected chi connectivity index (χ2v) is 6.32. The first-order chi connectivity index (χ1) is 13.6. The number of aliphatic imine (C=N–C) groups is 1. The van der Waals surface area contributed by atoms with Crippen molar-refractivity contribution in [2.24, 2.45) is 4.99 Å². The molecule has 0 atom stereocenters. The van der Waals surface area contributed by atoms with Crippen molar-refractivity contribution in [3.63, 3.8) is 0 Å². The quantitative estimate of drug-likeness (QED) is 0.378. The standard InChI is InChI=1S/C20H10F6N2O/c21-19(22,23)17-13-9-12(18(29)20(24,25)26)10-5-1-2-6-11(10)16(13)27-14-7-3-4-8-15(14)28-17/h1-9,27H. The molecule has 0 amide bonds. The summed E-state index contributed by atoms with van der Waals surface area (Å²) >= 11 is 0. The van der Waals surface area contributed by atoms with E-state index in [0.717, 1.165) is 0 Å². The zero-order chi connectivity index (χ0) is 21.0. The Labute approximate surface area is 159 Å². The highest BCUT2D eigenvalue weighted by atomic mass is 19.4. The van der Waals surface area contributed by atoms with E-state index in [-0.39, 0.29) is 27.8 Å².